The fourth-order valence-corrected chi connectivity index (χ4v) is 2.92. The van der Waals surface area contributed by atoms with E-state index >= 15 is 0 Å². The molecule has 1 aromatic carbocycles. The minimum Gasteiger partial charge on any atom is -0.458 e. The zero-order chi connectivity index (χ0) is 26.1. The van der Waals surface area contributed by atoms with Crippen LogP contribution in [0.25, 0.3) is 12.2 Å². The van der Waals surface area contributed by atoms with Crippen molar-refractivity contribution in [3.8, 4) is 0 Å². The van der Waals surface area contributed by atoms with Crippen LogP contribution < -0.4 is 10.9 Å². The highest BCUT2D eigenvalue weighted by atomic mass is 16.5. The molecule has 1 aromatic heterocycles. The third-order valence-corrected chi connectivity index (χ3v) is 4.99. The van der Waals surface area contributed by atoms with E-state index in [0.29, 0.717) is 17.5 Å². The Kier molecular flexibility index (Phi) is 14.8. The molecule has 0 aliphatic rings. The summed E-state index contributed by atoms with van der Waals surface area (Å²) in [5.74, 6) is 0.932. The summed E-state index contributed by atoms with van der Waals surface area (Å²) >= 11 is 0. The maximum absolute atomic E-state index is 12.9. The van der Waals surface area contributed by atoms with Crippen LogP contribution in [-0.2, 0) is 4.74 Å². The molecule has 2 N–H and O–H groups in total. The lowest BCUT2D eigenvalue weighted by atomic mass is 10.2. The molecule has 1 atom stereocenters. The number of esters is 1. The van der Waals surface area contributed by atoms with Crippen molar-refractivity contribution in [1.29, 1.82) is 0 Å². The van der Waals surface area contributed by atoms with Gasteiger partial charge in [-0.25, -0.2) is 25.2 Å². The first kappa shape index (κ1) is 29.9. The molecule has 0 bridgehead atoms. The van der Waals surface area contributed by atoms with Crippen LogP contribution in [-0.4, -0.2) is 59.5 Å². The smallest absolute Gasteiger partial charge is 0.357 e. The van der Waals surface area contributed by atoms with Crippen molar-refractivity contribution in [3.05, 3.63) is 53.5 Å². The van der Waals surface area contributed by atoms with Gasteiger partial charge in [-0.15, -0.1) is 0 Å². The highest BCUT2D eigenvalue weighted by Crippen LogP contribution is 2.16. The Labute approximate surface area is 210 Å². The number of benzene rings is 1. The van der Waals surface area contributed by atoms with Crippen LogP contribution in [0, 0.1) is 0 Å². The van der Waals surface area contributed by atoms with Crippen LogP contribution in [0.1, 0.15) is 76.3 Å². The number of rotatable bonds is 12. The van der Waals surface area contributed by atoms with E-state index in [1.165, 1.54) is 0 Å². The number of nitrogens with one attached hydrogen (secondary N) is 2. The molecule has 0 aliphatic heterocycles. The Morgan fingerprint density at radius 3 is 2.49 bits per heavy atom. The zero-order valence-electron chi connectivity index (χ0n) is 22.3. The Bertz CT molecular complexity index is 931. The number of hydrogen-bond acceptors (Lipinski definition) is 7. The first-order chi connectivity index (χ1) is 16.9. The molecular weight excluding hydrogens is 440 g/mol. The lowest BCUT2D eigenvalue weighted by Gasteiger charge is -2.20. The predicted octanol–water partition coefficient (Wildman–Crippen LogP) is 5.11. The highest BCUT2D eigenvalue weighted by Gasteiger charge is 2.18. The number of nitrogens with zero attached hydrogens (tertiary/aromatic N) is 4. The van der Waals surface area contributed by atoms with Gasteiger partial charge in [0.25, 0.3) is 0 Å². The van der Waals surface area contributed by atoms with E-state index in [1.807, 2.05) is 71.0 Å². The molecule has 0 radical (unpaired) electrons. The van der Waals surface area contributed by atoms with Gasteiger partial charge in [-0.1, -0.05) is 71.0 Å². The average Bonchev–Trinajstić information content (AvgIpc) is 2.89. The summed E-state index contributed by atoms with van der Waals surface area (Å²) < 4.78 is 5.77. The molecular formula is C27H42N6O2. The second kappa shape index (κ2) is 17.4. The number of ether oxygens (including phenoxy) is 1. The first-order valence-corrected chi connectivity index (χ1v) is 12.5. The van der Waals surface area contributed by atoms with Crippen molar-refractivity contribution >= 4 is 29.8 Å². The molecule has 0 spiro atoms. The van der Waals surface area contributed by atoms with Gasteiger partial charge in [0.2, 0.25) is 0 Å². The number of hydrazine groups is 1. The van der Waals surface area contributed by atoms with E-state index in [2.05, 4.69) is 44.7 Å². The molecule has 2 rings (SSSR count). The van der Waals surface area contributed by atoms with Crippen LogP contribution in [0.4, 0.5) is 5.82 Å². The number of amidine groups is 1. The summed E-state index contributed by atoms with van der Waals surface area (Å²) in [6.07, 6.45) is 5.01. The highest BCUT2D eigenvalue weighted by molar-refractivity contribution is 5.89. The fourth-order valence-electron chi connectivity index (χ4n) is 2.92. The minimum absolute atomic E-state index is 0.172. The second-order valence-corrected chi connectivity index (χ2v) is 7.69. The van der Waals surface area contributed by atoms with Gasteiger partial charge in [-0.2, -0.15) is 0 Å². The van der Waals surface area contributed by atoms with Gasteiger partial charge in [0, 0.05) is 19.2 Å². The average molecular weight is 483 g/mol. The van der Waals surface area contributed by atoms with Crippen LogP contribution in [0.5, 0.6) is 0 Å². The molecule has 192 valence electrons. The van der Waals surface area contributed by atoms with E-state index < -0.39 is 5.97 Å². The van der Waals surface area contributed by atoms with Crippen molar-refractivity contribution in [3.63, 3.8) is 0 Å². The Morgan fingerprint density at radius 2 is 1.86 bits per heavy atom. The van der Waals surface area contributed by atoms with Gasteiger partial charge in [-0.3, -0.25) is 0 Å². The molecule has 0 amide bonds. The van der Waals surface area contributed by atoms with Crippen LogP contribution in [0.3, 0.4) is 0 Å². The summed E-state index contributed by atoms with van der Waals surface area (Å²) in [4.78, 5) is 28.5. The molecule has 35 heavy (non-hydrogen) atoms. The monoisotopic (exact) mass is 482 g/mol. The largest absolute Gasteiger partial charge is 0.458 e. The lowest BCUT2D eigenvalue weighted by molar-refractivity contribution is 0.0247. The fraction of sp³-hybridized carbons (Fsp3) is 0.481. The molecule has 8 heteroatoms. The van der Waals surface area contributed by atoms with Crippen LogP contribution >= 0.6 is 0 Å². The zero-order valence-corrected chi connectivity index (χ0v) is 22.3. The summed E-state index contributed by atoms with van der Waals surface area (Å²) in [5.41, 5.74) is 7.18. The van der Waals surface area contributed by atoms with Crippen LogP contribution in [0.2, 0.25) is 0 Å². The number of carbonyl (C=O) groups is 1. The van der Waals surface area contributed by atoms with Crippen LogP contribution in [0.15, 0.2) is 41.4 Å². The molecule has 0 saturated carbocycles. The molecule has 1 heterocycles. The van der Waals surface area contributed by atoms with Crippen molar-refractivity contribution in [2.24, 2.45) is 4.99 Å². The van der Waals surface area contributed by atoms with Gasteiger partial charge in [0.05, 0.1) is 0 Å². The van der Waals surface area contributed by atoms with Gasteiger partial charge in [0.1, 0.15) is 11.9 Å². The summed E-state index contributed by atoms with van der Waals surface area (Å²) in [6.45, 7) is 14.5. The van der Waals surface area contributed by atoms with Gasteiger partial charge in [0.15, 0.2) is 17.3 Å². The summed E-state index contributed by atoms with van der Waals surface area (Å²) in [5, 5.41) is 0. The predicted molar refractivity (Wildman–Crippen MR) is 146 cm³/mol. The lowest BCUT2D eigenvalue weighted by Crippen LogP contribution is -2.35. The van der Waals surface area contributed by atoms with E-state index in [4.69, 9.17) is 4.74 Å². The molecule has 1 unspecified atom stereocenters. The van der Waals surface area contributed by atoms with Gasteiger partial charge >= 0.3 is 5.97 Å². The van der Waals surface area contributed by atoms with Crippen molar-refractivity contribution in [1.82, 2.24) is 25.7 Å². The van der Waals surface area contributed by atoms with Gasteiger partial charge in [-0.05, 0) is 45.0 Å². The first-order valence-electron chi connectivity index (χ1n) is 12.5. The number of hydrogen-bond donors (Lipinski definition) is 2. The van der Waals surface area contributed by atoms with Crippen molar-refractivity contribution < 1.29 is 9.53 Å². The normalized spacial score (nSPS) is 12.3. The number of aromatic nitrogens is 2. The number of carbonyl (C=O) groups excluding carboxylic acids is 1. The maximum Gasteiger partial charge on any atom is 0.357 e. The molecule has 0 fully saturated rings. The molecule has 8 nitrogen and oxygen atoms in total. The molecule has 0 saturated heterocycles. The third kappa shape index (κ3) is 11.7. The van der Waals surface area contributed by atoms with Crippen molar-refractivity contribution in [2.75, 3.05) is 26.7 Å². The summed E-state index contributed by atoms with van der Waals surface area (Å²) in [6, 6.07) is 11.4. The quantitative estimate of drug-likeness (QED) is 0.188. The van der Waals surface area contributed by atoms with E-state index in [1.54, 1.807) is 12.1 Å². The second-order valence-electron chi connectivity index (χ2n) is 7.69. The SMILES string of the molecule is CC.CCNNC(C)=Nc1cc(C(=O)OC(CC)CCN(C)CC)nc(/C=C/c2ccccc2)n1. The Morgan fingerprint density at radius 1 is 1.14 bits per heavy atom. The third-order valence-electron chi connectivity index (χ3n) is 4.99. The molecule has 0 aliphatic carbocycles. The topological polar surface area (TPSA) is 91.7 Å². The van der Waals surface area contributed by atoms with Crippen molar-refractivity contribution in [2.45, 2.75) is 60.5 Å². The Hall–Kier alpha value is -3.10. The molecule has 2 aromatic rings. The maximum atomic E-state index is 12.9. The van der Waals surface area contributed by atoms with E-state index in [9.17, 15) is 4.79 Å². The van der Waals surface area contributed by atoms with Gasteiger partial charge < -0.3 is 15.1 Å². The Balaban J connectivity index is 0.00000298. The minimum atomic E-state index is -0.466. The van der Waals surface area contributed by atoms with E-state index in [0.717, 1.165) is 38.0 Å². The number of aliphatic imine (C=N–C) groups is 1. The standard InChI is InChI=1S/C25H36N6O2.C2H6/c1-6-21(16-17-31(5)8-3)33-25(32)22-18-24(27-19(4)30-26-7-2)29-23(28-22)15-14-20-12-10-9-11-13-20;1-2/h9-15,18,21,26H,6-8,16-17H2,1-5H3,(H,27,28,29,30);1-2H3/b15-14+;. The van der Waals surface area contributed by atoms with E-state index in [-0.39, 0.29) is 11.8 Å². The summed E-state index contributed by atoms with van der Waals surface area (Å²) in [7, 11) is 2.05.